The zero-order valence-corrected chi connectivity index (χ0v) is 8.67. The van der Waals surface area contributed by atoms with Gasteiger partial charge in [0.15, 0.2) is 0 Å². The molecule has 1 aliphatic rings. The van der Waals surface area contributed by atoms with Crippen LogP contribution in [-0.2, 0) is 6.54 Å². The Morgan fingerprint density at radius 3 is 2.71 bits per heavy atom. The van der Waals surface area contributed by atoms with Gasteiger partial charge in [-0.25, -0.2) is 9.97 Å². The zero-order valence-electron chi connectivity index (χ0n) is 8.67. The maximum atomic E-state index is 4.52. The third kappa shape index (κ3) is 2.01. The van der Waals surface area contributed by atoms with Crippen LogP contribution in [0.3, 0.4) is 0 Å². The van der Waals surface area contributed by atoms with E-state index in [0.29, 0.717) is 5.92 Å². The Morgan fingerprint density at radius 1 is 1.36 bits per heavy atom. The number of hydrogen-bond donors (Lipinski definition) is 2. The second kappa shape index (κ2) is 3.92. The molecule has 1 saturated carbocycles. The predicted octanol–water partition coefficient (Wildman–Crippen LogP) is 1.12. The maximum Gasteiger partial charge on any atom is 0.134 e. The van der Waals surface area contributed by atoms with Gasteiger partial charge in [-0.15, -0.1) is 0 Å². The first-order valence-corrected chi connectivity index (χ1v) is 5.03. The van der Waals surface area contributed by atoms with Gasteiger partial charge in [-0.2, -0.15) is 0 Å². The summed E-state index contributed by atoms with van der Waals surface area (Å²) in [6, 6.07) is 1.99. The Balaban J connectivity index is 2.26. The van der Waals surface area contributed by atoms with Crippen molar-refractivity contribution in [3.05, 3.63) is 17.6 Å². The lowest BCUT2D eigenvalue weighted by atomic mass is 10.3. The summed E-state index contributed by atoms with van der Waals surface area (Å²) >= 11 is 0. The fourth-order valence-electron chi connectivity index (χ4n) is 1.44. The molecule has 0 aromatic carbocycles. The first-order chi connectivity index (χ1) is 6.83. The van der Waals surface area contributed by atoms with Crippen molar-refractivity contribution in [2.24, 2.45) is 0 Å². The monoisotopic (exact) mass is 192 g/mol. The third-order valence-electron chi connectivity index (χ3n) is 2.35. The van der Waals surface area contributed by atoms with Crippen molar-refractivity contribution in [2.45, 2.75) is 25.3 Å². The molecular weight excluding hydrogens is 176 g/mol. The van der Waals surface area contributed by atoms with Gasteiger partial charge in [0.05, 0.1) is 5.69 Å². The van der Waals surface area contributed by atoms with Crippen molar-refractivity contribution >= 4 is 5.82 Å². The van der Waals surface area contributed by atoms with Crippen LogP contribution in [0.1, 0.15) is 30.3 Å². The molecule has 14 heavy (non-hydrogen) atoms. The lowest BCUT2D eigenvalue weighted by Crippen LogP contribution is -2.10. The molecule has 4 nitrogen and oxygen atoms in total. The van der Waals surface area contributed by atoms with Gasteiger partial charge in [-0.3, -0.25) is 0 Å². The Bertz CT molecular complexity index is 320. The van der Waals surface area contributed by atoms with Gasteiger partial charge in [-0.05, 0) is 19.9 Å². The number of rotatable bonds is 4. The van der Waals surface area contributed by atoms with Crippen LogP contribution in [0.15, 0.2) is 6.07 Å². The Morgan fingerprint density at radius 2 is 2.14 bits per heavy atom. The van der Waals surface area contributed by atoms with E-state index in [0.717, 1.165) is 23.9 Å². The SMILES string of the molecule is CNCc1cc(NC)nc(C2CC2)n1. The minimum Gasteiger partial charge on any atom is -0.373 e. The molecule has 0 amide bonds. The van der Waals surface area contributed by atoms with Crippen LogP contribution in [0, 0.1) is 0 Å². The van der Waals surface area contributed by atoms with E-state index in [-0.39, 0.29) is 0 Å². The summed E-state index contributed by atoms with van der Waals surface area (Å²) in [6.45, 7) is 0.803. The van der Waals surface area contributed by atoms with Gasteiger partial charge in [0.25, 0.3) is 0 Å². The fraction of sp³-hybridized carbons (Fsp3) is 0.600. The molecule has 76 valence electrons. The molecule has 1 fully saturated rings. The van der Waals surface area contributed by atoms with E-state index >= 15 is 0 Å². The lowest BCUT2D eigenvalue weighted by Gasteiger charge is -2.06. The summed E-state index contributed by atoms with van der Waals surface area (Å²) in [5, 5.41) is 6.17. The standard InChI is InChI=1S/C10H16N4/c1-11-6-8-5-9(12-2)14-10(13-8)7-3-4-7/h5,7,11H,3-4,6H2,1-2H3,(H,12,13,14). The van der Waals surface area contributed by atoms with Crippen molar-refractivity contribution < 1.29 is 0 Å². The minimum absolute atomic E-state index is 0.610. The van der Waals surface area contributed by atoms with E-state index in [4.69, 9.17) is 0 Å². The lowest BCUT2D eigenvalue weighted by molar-refractivity contribution is 0.768. The third-order valence-corrected chi connectivity index (χ3v) is 2.35. The first-order valence-electron chi connectivity index (χ1n) is 5.03. The average Bonchev–Trinajstić information content (AvgIpc) is 3.01. The summed E-state index contributed by atoms with van der Waals surface area (Å²) in [7, 11) is 3.82. The zero-order chi connectivity index (χ0) is 9.97. The molecule has 1 aromatic heterocycles. The second-order valence-electron chi connectivity index (χ2n) is 3.66. The Kier molecular flexibility index (Phi) is 2.63. The second-order valence-corrected chi connectivity index (χ2v) is 3.66. The summed E-state index contributed by atoms with van der Waals surface area (Å²) in [4.78, 5) is 8.97. The highest BCUT2D eigenvalue weighted by molar-refractivity contribution is 5.36. The Labute approximate surface area is 84.2 Å². The van der Waals surface area contributed by atoms with Crippen molar-refractivity contribution in [2.75, 3.05) is 19.4 Å². The van der Waals surface area contributed by atoms with E-state index in [2.05, 4.69) is 20.6 Å². The molecule has 1 aromatic rings. The number of anilines is 1. The van der Waals surface area contributed by atoms with Crippen LogP contribution in [0.5, 0.6) is 0 Å². The molecule has 0 bridgehead atoms. The van der Waals surface area contributed by atoms with Gasteiger partial charge in [0, 0.05) is 25.6 Å². The van der Waals surface area contributed by atoms with Crippen LogP contribution < -0.4 is 10.6 Å². The molecule has 0 aliphatic heterocycles. The number of nitrogens with one attached hydrogen (secondary N) is 2. The van der Waals surface area contributed by atoms with Crippen LogP contribution in [0.25, 0.3) is 0 Å². The summed E-state index contributed by atoms with van der Waals surface area (Å²) in [5.41, 5.74) is 1.06. The average molecular weight is 192 g/mol. The molecule has 2 N–H and O–H groups in total. The molecule has 2 rings (SSSR count). The molecule has 0 atom stereocenters. The van der Waals surface area contributed by atoms with Crippen LogP contribution in [-0.4, -0.2) is 24.1 Å². The number of aromatic nitrogens is 2. The molecule has 4 heteroatoms. The molecule has 0 saturated heterocycles. The largest absolute Gasteiger partial charge is 0.373 e. The predicted molar refractivity (Wildman–Crippen MR) is 56.3 cm³/mol. The van der Waals surface area contributed by atoms with Crippen molar-refractivity contribution in [1.82, 2.24) is 15.3 Å². The summed E-state index contributed by atoms with van der Waals surface area (Å²) < 4.78 is 0. The smallest absolute Gasteiger partial charge is 0.134 e. The van der Waals surface area contributed by atoms with Gasteiger partial charge >= 0.3 is 0 Å². The molecular formula is C10H16N4. The molecule has 1 aliphatic carbocycles. The van der Waals surface area contributed by atoms with E-state index in [9.17, 15) is 0 Å². The molecule has 0 radical (unpaired) electrons. The normalized spacial score (nSPS) is 15.6. The van der Waals surface area contributed by atoms with Gasteiger partial charge < -0.3 is 10.6 Å². The van der Waals surface area contributed by atoms with Crippen LogP contribution in [0.4, 0.5) is 5.82 Å². The highest BCUT2D eigenvalue weighted by Crippen LogP contribution is 2.38. The van der Waals surface area contributed by atoms with E-state index < -0.39 is 0 Å². The highest BCUT2D eigenvalue weighted by atomic mass is 15.0. The van der Waals surface area contributed by atoms with Crippen molar-refractivity contribution in [3.8, 4) is 0 Å². The van der Waals surface area contributed by atoms with Gasteiger partial charge in [0.2, 0.25) is 0 Å². The van der Waals surface area contributed by atoms with Crippen molar-refractivity contribution in [3.63, 3.8) is 0 Å². The molecule has 0 spiro atoms. The van der Waals surface area contributed by atoms with E-state index in [1.165, 1.54) is 12.8 Å². The molecule has 1 heterocycles. The highest BCUT2D eigenvalue weighted by Gasteiger charge is 2.27. The maximum absolute atomic E-state index is 4.52. The van der Waals surface area contributed by atoms with Crippen LogP contribution in [0.2, 0.25) is 0 Å². The van der Waals surface area contributed by atoms with E-state index in [1.54, 1.807) is 0 Å². The fourth-order valence-corrected chi connectivity index (χ4v) is 1.44. The van der Waals surface area contributed by atoms with E-state index in [1.807, 2.05) is 20.2 Å². The Hall–Kier alpha value is -1.16. The van der Waals surface area contributed by atoms with Gasteiger partial charge in [0.1, 0.15) is 11.6 Å². The number of nitrogens with zero attached hydrogens (tertiary/aromatic N) is 2. The topological polar surface area (TPSA) is 49.8 Å². The number of hydrogen-bond acceptors (Lipinski definition) is 4. The first kappa shape index (κ1) is 9.40. The van der Waals surface area contributed by atoms with Crippen molar-refractivity contribution in [1.29, 1.82) is 0 Å². The quantitative estimate of drug-likeness (QED) is 0.750. The summed E-state index contributed by atoms with van der Waals surface area (Å²) in [6.07, 6.45) is 2.48. The molecule has 0 unspecified atom stereocenters. The summed E-state index contributed by atoms with van der Waals surface area (Å²) in [5.74, 6) is 2.54. The minimum atomic E-state index is 0.610. The van der Waals surface area contributed by atoms with Crippen LogP contribution >= 0.6 is 0 Å². The van der Waals surface area contributed by atoms with Gasteiger partial charge in [-0.1, -0.05) is 0 Å².